The number of hydrogen-bond donors (Lipinski definition) is 1. The lowest BCUT2D eigenvalue weighted by atomic mass is 9.95. The van der Waals surface area contributed by atoms with Crippen LogP contribution in [-0.4, -0.2) is 45.6 Å². The van der Waals surface area contributed by atoms with Gasteiger partial charge in [-0.1, -0.05) is 12.1 Å². The molecule has 1 saturated heterocycles. The Morgan fingerprint density at radius 2 is 1.96 bits per heavy atom. The van der Waals surface area contributed by atoms with E-state index in [0.29, 0.717) is 6.54 Å². The number of nitrogens with zero attached hydrogens (tertiary/aromatic N) is 1. The Kier molecular flexibility index (Phi) is 6.34. The molecule has 0 aliphatic carbocycles. The number of sulfonamides is 1. The lowest BCUT2D eigenvalue weighted by molar-refractivity contribution is -0.274. The number of nitrogens with one attached hydrogen (secondary N) is 1. The number of rotatable bonds is 6. The molecule has 1 fully saturated rings. The number of piperidine rings is 1. The molecule has 1 aromatic carbocycles. The van der Waals surface area contributed by atoms with Gasteiger partial charge in [0.25, 0.3) is 0 Å². The lowest BCUT2D eigenvalue weighted by Gasteiger charge is -2.37. The molecule has 0 bridgehead atoms. The first-order valence-corrected chi connectivity index (χ1v) is 9.97. The van der Waals surface area contributed by atoms with E-state index in [1.807, 2.05) is 6.92 Å². The van der Waals surface area contributed by atoms with Crippen molar-refractivity contribution in [3.8, 4) is 5.75 Å². The third kappa shape index (κ3) is 6.83. The lowest BCUT2D eigenvalue weighted by Crippen LogP contribution is -2.41. The minimum Gasteiger partial charge on any atom is -0.406 e. The molecule has 1 aliphatic rings. The van der Waals surface area contributed by atoms with Crippen LogP contribution in [0.2, 0.25) is 0 Å². The highest BCUT2D eigenvalue weighted by molar-refractivity contribution is 7.88. The van der Waals surface area contributed by atoms with Gasteiger partial charge in [0, 0.05) is 19.1 Å². The summed E-state index contributed by atoms with van der Waals surface area (Å²) in [5, 5.41) is 0. The van der Waals surface area contributed by atoms with Crippen molar-refractivity contribution in [1.82, 2.24) is 9.62 Å². The molecule has 9 heteroatoms. The predicted molar refractivity (Wildman–Crippen MR) is 88.7 cm³/mol. The highest BCUT2D eigenvalue weighted by atomic mass is 32.2. The third-order valence-corrected chi connectivity index (χ3v) is 5.02. The van der Waals surface area contributed by atoms with Gasteiger partial charge in [0.2, 0.25) is 10.0 Å². The molecule has 0 aromatic heterocycles. The Bertz CT molecular complexity index is 662. The maximum absolute atomic E-state index is 12.2. The van der Waals surface area contributed by atoms with Crippen LogP contribution in [0.25, 0.3) is 0 Å². The molecule has 1 N–H and O–H groups in total. The van der Waals surface area contributed by atoms with E-state index in [1.54, 1.807) is 12.1 Å². The summed E-state index contributed by atoms with van der Waals surface area (Å²) < 4.78 is 65.5. The van der Waals surface area contributed by atoms with Crippen LogP contribution in [0.3, 0.4) is 0 Å². The third-order valence-electron chi connectivity index (χ3n) is 4.33. The minimum atomic E-state index is -4.69. The molecule has 2 atom stereocenters. The van der Waals surface area contributed by atoms with Gasteiger partial charge in [0.1, 0.15) is 5.75 Å². The summed E-state index contributed by atoms with van der Waals surface area (Å²) in [5.41, 5.74) is 0.895. The second-order valence-corrected chi connectivity index (χ2v) is 8.25. The van der Waals surface area contributed by atoms with Crippen molar-refractivity contribution in [3.63, 3.8) is 0 Å². The zero-order valence-corrected chi connectivity index (χ0v) is 15.0. The molecule has 1 heterocycles. The molecular formula is C16H23F3N2O3S. The summed E-state index contributed by atoms with van der Waals surface area (Å²) >= 11 is 0. The Morgan fingerprint density at radius 1 is 1.32 bits per heavy atom. The number of benzene rings is 1. The van der Waals surface area contributed by atoms with E-state index in [0.717, 1.165) is 37.8 Å². The van der Waals surface area contributed by atoms with Gasteiger partial charge in [-0.25, -0.2) is 13.1 Å². The average Bonchev–Trinajstić information content (AvgIpc) is 2.51. The quantitative estimate of drug-likeness (QED) is 0.825. The van der Waals surface area contributed by atoms with Crippen molar-refractivity contribution in [2.24, 2.45) is 5.92 Å². The summed E-state index contributed by atoms with van der Waals surface area (Å²) in [5.74, 6) is -0.0175. The van der Waals surface area contributed by atoms with Crippen molar-refractivity contribution in [3.05, 3.63) is 29.8 Å². The normalized spacial score (nSPS) is 21.1. The standard InChI is InChI=1S/C16H23F3N2O3S/c1-12(14-5-7-15(8-6-14)24-16(17,18)19)21-9-3-4-13(11-21)10-20-25(2,22)23/h5-8,12-13,20H,3-4,9-11H2,1-2H3/t12-,13-/m1/s1. The number of ether oxygens (including phenoxy) is 1. The van der Waals surface area contributed by atoms with Crippen LogP contribution in [0.15, 0.2) is 24.3 Å². The molecule has 5 nitrogen and oxygen atoms in total. The number of alkyl halides is 3. The molecule has 0 amide bonds. The maximum atomic E-state index is 12.2. The van der Waals surface area contributed by atoms with Crippen molar-refractivity contribution < 1.29 is 26.3 Å². The van der Waals surface area contributed by atoms with E-state index in [9.17, 15) is 21.6 Å². The van der Waals surface area contributed by atoms with E-state index in [2.05, 4.69) is 14.4 Å². The summed E-state index contributed by atoms with van der Waals surface area (Å²) in [6, 6.07) is 5.91. The molecule has 1 aliphatic heterocycles. The van der Waals surface area contributed by atoms with Crippen molar-refractivity contribution >= 4 is 10.0 Å². The smallest absolute Gasteiger partial charge is 0.406 e. The van der Waals surface area contributed by atoms with Crippen LogP contribution in [0.5, 0.6) is 5.75 Å². The molecule has 1 aromatic rings. The summed E-state index contributed by atoms with van der Waals surface area (Å²) in [6.07, 6.45) is -1.65. The van der Waals surface area contributed by atoms with E-state index in [1.165, 1.54) is 12.1 Å². The minimum absolute atomic E-state index is 0.0287. The van der Waals surface area contributed by atoms with E-state index in [-0.39, 0.29) is 17.7 Å². The van der Waals surface area contributed by atoms with Gasteiger partial charge in [0.15, 0.2) is 0 Å². The first-order valence-electron chi connectivity index (χ1n) is 8.08. The van der Waals surface area contributed by atoms with Crippen LogP contribution >= 0.6 is 0 Å². The Hall–Kier alpha value is -1.32. The van der Waals surface area contributed by atoms with Gasteiger partial charge in [-0.15, -0.1) is 13.2 Å². The SMILES string of the molecule is C[C@H](c1ccc(OC(F)(F)F)cc1)N1CCC[C@H](CNS(C)(=O)=O)C1. The van der Waals surface area contributed by atoms with Gasteiger partial charge >= 0.3 is 6.36 Å². The predicted octanol–water partition coefficient (Wildman–Crippen LogP) is 2.91. The summed E-state index contributed by atoms with van der Waals surface area (Å²) in [7, 11) is -3.21. The fourth-order valence-electron chi connectivity index (χ4n) is 3.04. The molecule has 0 unspecified atom stereocenters. The average molecular weight is 380 g/mol. The molecule has 0 saturated carbocycles. The molecule has 0 radical (unpaired) electrons. The Labute approximate surface area is 146 Å². The van der Waals surface area contributed by atoms with E-state index >= 15 is 0 Å². The van der Waals surface area contributed by atoms with Gasteiger partial charge in [-0.2, -0.15) is 0 Å². The molecule has 2 rings (SSSR count). The van der Waals surface area contributed by atoms with Crippen LogP contribution in [0.4, 0.5) is 13.2 Å². The molecule has 25 heavy (non-hydrogen) atoms. The number of likely N-dealkylation sites (tertiary alicyclic amines) is 1. The topological polar surface area (TPSA) is 58.6 Å². The van der Waals surface area contributed by atoms with Gasteiger partial charge < -0.3 is 4.74 Å². The Balaban J connectivity index is 1.96. The van der Waals surface area contributed by atoms with Gasteiger partial charge in [-0.05, 0) is 49.9 Å². The van der Waals surface area contributed by atoms with Crippen LogP contribution in [0, 0.1) is 5.92 Å². The highest BCUT2D eigenvalue weighted by Gasteiger charge is 2.31. The Morgan fingerprint density at radius 3 is 2.52 bits per heavy atom. The summed E-state index contributed by atoms with van der Waals surface area (Å²) in [4.78, 5) is 2.22. The van der Waals surface area contributed by atoms with Crippen LogP contribution in [-0.2, 0) is 10.0 Å². The molecular weight excluding hydrogens is 357 g/mol. The fourth-order valence-corrected chi connectivity index (χ4v) is 3.58. The monoisotopic (exact) mass is 380 g/mol. The zero-order valence-electron chi connectivity index (χ0n) is 14.2. The second kappa shape index (κ2) is 7.92. The van der Waals surface area contributed by atoms with Crippen LogP contribution < -0.4 is 9.46 Å². The first kappa shape index (κ1) is 20.0. The van der Waals surface area contributed by atoms with Crippen molar-refractivity contribution in [2.45, 2.75) is 32.2 Å². The number of halogens is 3. The maximum Gasteiger partial charge on any atom is 0.573 e. The fraction of sp³-hybridized carbons (Fsp3) is 0.625. The van der Waals surface area contributed by atoms with Crippen LogP contribution in [0.1, 0.15) is 31.4 Å². The van der Waals surface area contributed by atoms with Gasteiger partial charge in [-0.3, -0.25) is 4.90 Å². The van der Waals surface area contributed by atoms with Crippen molar-refractivity contribution in [1.29, 1.82) is 0 Å². The highest BCUT2D eigenvalue weighted by Crippen LogP contribution is 2.29. The number of hydrogen-bond acceptors (Lipinski definition) is 4. The molecule has 142 valence electrons. The first-order chi connectivity index (χ1) is 11.5. The second-order valence-electron chi connectivity index (χ2n) is 6.42. The zero-order chi connectivity index (χ0) is 18.7. The van der Waals surface area contributed by atoms with Gasteiger partial charge in [0.05, 0.1) is 6.26 Å². The van der Waals surface area contributed by atoms with E-state index < -0.39 is 16.4 Å². The van der Waals surface area contributed by atoms with E-state index in [4.69, 9.17) is 0 Å². The molecule has 0 spiro atoms. The largest absolute Gasteiger partial charge is 0.573 e. The van der Waals surface area contributed by atoms with Crippen molar-refractivity contribution in [2.75, 3.05) is 25.9 Å². The summed E-state index contributed by atoms with van der Waals surface area (Å²) in [6.45, 7) is 4.01.